The van der Waals surface area contributed by atoms with Gasteiger partial charge in [-0.2, -0.15) is 0 Å². The van der Waals surface area contributed by atoms with Gasteiger partial charge in [0.05, 0.1) is 11.4 Å². The fraction of sp³-hybridized carbons (Fsp3) is 0.333. The van der Waals surface area contributed by atoms with Gasteiger partial charge in [-0.25, -0.2) is 9.97 Å². The summed E-state index contributed by atoms with van der Waals surface area (Å²) in [5, 5.41) is 3.89. The Morgan fingerprint density at radius 1 is 1.20 bits per heavy atom. The minimum absolute atomic E-state index is 0.520. The number of aromatic nitrogens is 2. The van der Waals surface area contributed by atoms with Gasteiger partial charge in [0.25, 0.3) is 0 Å². The number of nitrogens with zero attached hydrogens (tertiary/aromatic N) is 3. The Hall–Kier alpha value is -1.81. The van der Waals surface area contributed by atoms with Crippen LogP contribution in [-0.2, 0) is 6.42 Å². The maximum atomic E-state index is 6.18. The average molecular weight is 291 g/mol. The zero-order chi connectivity index (χ0) is 14.5. The molecule has 4 nitrogen and oxygen atoms in total. The molecule has 5 heteroatoms. The minimum atomic E-state index is 0.520. The second kappa shape index (κ2) is 6.57. The Bertz CT molecular complexity index is 584. The molecule has 0 saturated carbocycles. The van der Waals surface area contributed by atoms with Gasteiger partial charge in [-0.15, -0.1) is 0 Å². The maximum Gasteiger partial charge on any atom is 0.138 e. The van der Waals surface area contributed by atoms with Crippen LogP contribution in [0.25, 0.3) is 0 Å². The number of benzene rings is 1. The van der Waals surface area contributed by atoms with E-state index in [1.807, 2.05) is 32.3 Å². The standard InChI is InChI=1S/C15H19ClN4/c1-4-7-11-14(16)17-10-18-15(11)19-12-8-5-6-9-13(12)20(2)3/h5-6,8-10H,4,7H2,1-3H3,(H,17,18,19). The van der Waals surface area contributed by atoms with E-state index in [4.69, 9.17) is 11.6 Å². The van der Waals surface area contributed by atoms with Gasteiger partial charge in [0, 0.05) is 19.7 Å². The molecule has 1 aromatic heterocycles. The van der Waals surface area contributed by atoms with Crippen LogP contribution in [0.2, 0.25) is 5.15 Å². The molecule has 2 aromatic rings. The molecular formula is C15H19ClN4. The second-order valence-electron chi connectivity index (χ2n) is 4.78. The van der Waals surface area contributed by atoms with Crippen LogP contribution in [0.5, 0.6) is 0 Å². The smallest absolute Gasteiger partial charge is 0.138 e. The van der Waals surface area contributed by atoms with Crippen molar-refractivity contribution in [3.05, 3.63) is 41.3 Å². The highest BCUT2D eigenvalue weighted by atomic mass is 35.5. The van der Waals surface area contributed by atoms with Crippen LogP contribution in [0, 0.1) is 0 Å². The van der Waals surface area contributed by atoms with Crippen molar-refractivity contribution in [2.24, 2.45) is 0 Å². The van der Waals surface area contributed by atoms with E-state index in [-0.39, 0.29) is 0 Å². The lowest BCUT2D eigenvalue weighted by atomic mass is 10.1. The maximum absolute atomic E-state index is 6.18. The molecule has 0 aliphatic rings. The van der Waals surface area contributed by atoms with E-state index in [2.05, 4.69) is 33.2 Å². The SMILES string of the molecule is CCCc1c(Cl)ncnc1Nc1ccccc1N(C)C. The van der Waals surface area contributed by atoms with Gasteiger partial charge in [-0.3, -0.25) is 0 Å². The van der Waals surface area contributed by atoms with Crippen LogP contribution in [0.3, 0.4) is 0 Å². The molecule has 2 rings (SSSR count). The summed E-state index contributed by atoms with van der Waals surface area (Å²) in [5.74, 6) is 0.779. The number of hydrogen-bond donors (Lipinski definition) is 1. The van der Waals surface area contributed by atoms with Gasteiger partial charge in [-0.05, 0) is 18.6 Å². The van der Waals surface area contributed by atoms with Gasteiger partial charge in [0.15, 0.2) is 0 Å². The molecule has 0 radical (unpaired) electrons. The highest BCUT2D eigenvalue weighted by Gasteiger charge is 2.11. The largest absolute Gasteiger partial charge is 0.376 e. The monoisotopic (exact) mass is 290 g/mol. The van der Waals surface area contributed by atoms with Gasteiger partial charge in [0.2, 0.25) is 0 Å². The lowest BCUT2D eigenvalue weighted by Gasteiger charge is -2.19. The Morgan fingerprint density at radius 3 is 2.65 bits per heavy atom. The Labute approximate surface area is 124 Å². The molecule has 0 aliphatic carbocycles. The fourth-order valence-corrected chi connectivity index (χ4v) is 2.29. The fourth-order valence-electron chi connectivity index (χ4n) is 2.07. The predicted molar refractivity (Wildman–Crippen MR) is 85.1 cm³/mol. The third kappa shape index (κ3) is 3.20. The molecule has 0 amide bonds. The number of halogens is 1. The lowest BCUT2D eigenvalue weighted by Crippen LogP contribution is -2.11. The van der Waals surface area contributed by atoms with Crippen LogP contribution in [0.15, 0.2) is 30.6 Å². The first-order valence-electron chi connectivity index (χ1n) is 6.66. The minimum Gasteiger partial charge on any atom is -0.376 e. The summed E-state index contributed by atoms with van der Waals surface area (Å²) in [7, 11) is 4.03. The quantitative estimate of drug-likeness (QED) is 0.848. The number of rotatable bonds is 5. The Balaban J connectivity index is 2.38. The summed E-state index contributed by atoms with van der Waals surface area (Å²) in [6, 6.07) is 8.10. The zero-order valence-electron chi connectivity index (χ0n) is 12.0. The van der Waals surface area contributed by atoms with Gasteiger partial charge in [-0.1, -0.05) is 37.1 Å². The molecule has 20 heavy (non-hydrogen) atoms. The van der Waals surface area contributed by atoms with Gasteiger partial charge in [0.1, 0.15) is 17.3 Å². The molecule has 1 heterocycles. The topological polar surface area (TPSA) is 41.1 Å². The van der Waals surface area contributed by atoms with Crippen LogP contribution >= 0.6 is 11.6 Å². The molecule has 1 aromatic carbocycles. The van der Waals surface area contributed by atoms with Crippen molar-refractivity contribution >= 4 is 28.8 Å². The summed E-state index contributed by atoms with van der Waals surface area (Å²) in [6.07, 6.45) is 3.34. The Kier molecular flexibility index (Phi) is 4.79. The molecule has 0 bridgehead atoms. The molecule has 1 N–H and O–H groups in total. The highest BCUT2D eigenvalue weighted by molar-refractivity contribution is 6.30. The molecule has 0 aliphatic heterocycles. The molecule has 106 valence electrons. The van der Waals surface area contributed by atoms with E-state index in [9.17, 15) is 0 Å². The summed E-state index contributed by atoms with van der Waals surface area (Å²) in [4.78, 5) is 10.5. The third-order valence-corrected chi connectivity index (χ3v) is 3.36. The number of para-hydroxylation sites is 2. The summed E-state index contributed by atoms with van der Waals surface area (Å²) >= 11 is 6.18. The first-order valence-corrected chi connectivity index (χ1v) is 7.04. The molecule has 0 saturated heterocycles. The van der Waals surface area contributed by atoms with Crippen molar-refractivity contribution in [1.29, 1.82) is 0 Å². The molecule has 0 atom stereocenters. The molecular weight excluding hydrogens is 272 g/mol. The van der Waals surface area contributed by atoms with Gasteiger partial charge >= 0.3 is 0 Å². The lowest BCUT2D eigenvalue weighted by molar-refractivity contribution is 0.904. The predicted octanol–water partition coefficient (Wildman–Crippen LogP) is 3.89. The van der Waals surface area contributed by atoms with E-state index in [0.29, 0.717) is 5.15 Å². The summed E-state index contributed by atoms with van der Waals surface area (Å²) in [5.41, 5.74) is 3.07. The summed E-state index contributed by atoms with van der Waals surface area (Å²) < 4.78 is 0. The number of hydrogen-bond acceptors (Lipinski definition) is 4. The third-order valence-electron chi connectivity index (χ3n) is 3.03. The first kappa shape index (κ1) is 14.6. The van der Waals surface area contributed by atoms with E-state index >= 15 is 0 Å². The first-order chi connectivity index (χ1) is 9.63. The van der Waals surface area contributed by atoms with Crippen molar-refractivity contribution < 1.29 is 0 Å². The molecule has 0 unspecified atom stereocenters. The van der Waals surface area contributed by atoms with Crippen molar-refractivity contribution in [1.82, 2.24) is 9.97 Å². The van der Waals surface area contributed by atoms with Crippen LogP contribution in [-0.4, -0.2) is 24.1 Å². The number of nitrogens with one attached hydrogen (secondary N) is 1. The van der Waals surface area contributed by atoms with Crippen LogP contribution < -0.4 is 10.2 Å². The Morgan fingerprint density at radius 2 is 1.95 bits per heavy atom. The van der Waals surface area contributed by atoms with Crippen molar-refractivity contribution in [2.75, 3.05) is 24.3 Å². The molecule has 0 fully saturated rings. The van der Waals surface area contributed by atoms with E-state index in [1.165, 1.54) is 6.33 Å². The van der Waals surface area contributed by atoms with E-state index < -0.39 is 0 Å². The molecule has 0 spiro atoms. The van der Waals surface area contributed by atoms with Crippen molar-refractivity contribution in [3.63, 3.8) is 0 Å². The number of anilines is 3. The van der Waals surface area contributed by atoms with E-state index in [1.54, 1.807) is 0 Å². The van der Waals surface area contributed by atoms with Gasteiger partial charge < -0.3 is 10.2 Å². The van der Waals surface area contributed by atoms with Crippen LogP contribution in [0.1, 0.15) is 18.9 Å². The average Bonchev–Trinajstić information content (AvgIpc) is 2.43. The van der Waals surface area contributed by atoms with Crippen LogP contribution in [0.4, 0.5) is 17.2 Å². The van der Waals surface area contributed by atoms with Crippen molar-refractivity contribution in [2.45, 2.75) is 19.8 Å². The van der Waals surface area contributed by atoms with Crippen molar-refractivity contribution in [3.8, 4) is 0 Å². The second-order valence-corrected chi connectivity index (χ2v) is 5.14. The zero-order valence-corrected chi connectivity index (χ0v) is 12.8. The summed E-state index contributed by atoms with van der Waals surface area (Å²) in [6.45, 7) is 2.11. The normalized spacial score (nSPS) is 10.4. The van der Waals surface area contributed by atoms with E-state index in [0.717, 1.165) is 35.6 Å². The highest BCUT2D eigenvalue weighted by Crippen LogP contribution is 2.29.